The van der Waals surface area contributed by atoms with E-state index in [0.29, 0.717) is 10.6 Å². The topological polar surface area (TPSA) is 52.4 Å². The van der Waals surface area contributed by atoms with E-state index in [1.807, 2.05) is 54.6 Å². The van der Waals surface area contributed by atoms with Crippen LogP contribution < -0.4 is 4.74 Å². The Labute approximate surface area is 159 Å². The van der Waals surface area contributed by atoms with Gasteiger partial charge >= 0.3 is 0 Å². The zero-order valence-corrected chi connectivity index (χ0v) is 14.7. The number of hydrogen-bond donors (Lipinski definition) is 0. The lowest BCUT2D eigenvalue weighted by molar-refractivity contribution is -0.384. The van der Waals surface area contributed by atoms with Crippen LogP contribution in [0.3, 0.4) is 0 Å². The second-order valence-corrected chi connectivity index (χ2v) is 6.79. The first-order valence-corrected chi connectivity index (χ1v) is 8.78. The minimum absolute atomic E-state index is 0.0252. The molecule has 0 spiro atoms. The third kappa shape index (κ3) is 2.38. The fourth-order valence-corrected chi connectivity index (χ4v) is 3.87. The first-order valence-electron chi connectivity index (χ1n) is 8.41. The molecule has 1 aliphatic rings. The number of nitrogens with zero attached hydrogens (tertiary/aromatic N) is 1. The second-order valence-electron chi connectivity index (χ2n) is 6.36. The molecule has 0 bridgehead atoms. The summed E-state index contributed by atoms with van der Waals surface area (Å²) in [5.74, 6) is 1.55. The Morgan fingerprint density at radius 2 is 1.56 bits per heavy atom. The van der Waals surface area contributed by atoms with E-state index < -0.39 is 0 Å². The number of nitro benzene ring substituents is 1. The van der Waals surface area contributed by atoms with E-state index in [4.69, 9.17) is 16.3 Å². The van der Waals surface area contributed by atoms with Crippen molar-refractivity contribution in [1.82, 2.24) is 0 Å². The fraction of sp³-hybridized carbons (Fsp3) is 0. The quantitative estimate of drug-likeness (QED) is 0.251. The van der Waals surface area contributed by atoms with E-state index in [9.17, 15) is 10.1 Å². The molecule has 0 unspecified atom stereocenters. The van der Waals surface area contributed by atoms with Gasteiger partial charge in [0, 0.05) is 22.0 Å². The van der Waals surface area contributed by atoms with Gasteiger partial charge in [0.2, 0.25) is 0 Å². The predicted molar refractivity (Wildman–Crippen MR) is 107 cm³/mol. The molecule has 5 heteroatoms. The average Bonchev–Trinajstić information content (AvgIpc) is 2.68. The second kappa shape index (κ2) is 5.83. The molecule has 0 aromatic heterocycles. The molecule has 4 nitrogen and oxygen atoms in total. The molecular formula is C22H12ClNO3. The standard InChI is InChI=1S/C22H12ClNO3/c23-13-8-11-19(24(25)26)18(12-13)14-9-10-17-15-4-1-2-6-20(15)27-21-7-3-5-16(14)22(17)21/h1-12H. The predicted octanol–water partition coefficient (Wildman–Crippen LogP) is 6.84. The molecule has 0 saturated heterocycles. The van der Waals surface area contributed by atoms with Crippen molar-refractivity contribution in [2.24, 2.45) is 0 Å². The number of ether oxygens (including phenoxy) is 1. The zero-order valence-electron chi connectivity index (χ0n) is 14.0. The summed E-state index contributed by atoms with van der Waals surface area (Å²) in [6.07, 6.45) is 0. The highest BCUT2D eigenvalue weighted by atomic mass is 35.5. The van der Waals surface area contributed by atoms with E-state index >= 15 is 0 Å². The fourth-order valence-electron chi connectivity index (χ4n) is 3.70. The average molecular weight is 374 g/mol. The summed E-state index contributed by atoms with van der Waals surface area (Å²) in [5.41, 5.74) is 3.34. The summed E-state index contributed by atoms with van der Waals surface area (Å²) in [6, 6.07) is 22.2. The van der Waals surface area contributed by atoms with Crippen LogP contribution in [-0.4, -0.2) is 4.92 Å². The summed E-state index contributed by atoms with van der Waals surface area (Å²) in [6.45, 7) is 0. The van der Waals surface area contributed by atoms with E-state index in [0.717, 1.165) is 39.0 Å². The third-order valence-electron chi connectivity index (χ3n) is 4.85. The number of benzene rings is 4. The highest BCUT2D eigenvalue weighted by Gasteiger charge is 2.23. The van der Waals surface area contributed by atoms with Gasteiger partial charge in [-0.2, -0.15) is 0 Å². The molecule has 0 saturated carbocycles. The van der Waals surface area contributed by atoms with Gasteiger partial charge < -0.3 is 4.74 Å². The van der Waals surface area contributed by atoms with Crippen LogP contribution in [0.2, 0.25) is 5.02 Å². The molecule has 1 aliphatic heterocycles. The maximum absolute atomic E-state index is 11.5. The molecule has 0 aliphatic carbocycles. The maximum atomic E-state index is 11.5. The summed E-state index contributed by atoms with van der Waals surface area (Å²) in [5, 5.41) is 13.8. The number of halogens is 1. The summed E-state index contributed by atoms with van der Waals surface area (Å²) >= 11 is 6.14. The number of nitro groups is 1. The Morgan fingerprint density at radius 1 is 0.778 bits per heavy atom. The van der Waals surface area contributed by atoms with Crippen LogP contribution in [0.1, 0.15) is 0 Å². The third-order valence-corrected chi connectivity index (χ3v) is 5.08. The highest BCUT2D eigenvalue weighted by molar-refractivity contribution is 6.31. The molecule has 4 aromatic carbocycles. The van der Waals surface area contributed by atoms with E-state index in [1.54, 1.807) is 6.07 Å². The SMILES string of the molecule is O=[N+]([O-])c1ccc(Cl)cc1-c1ccc2c3c(cccc13)Oc1ccccc1-2. The Balaban J connectivity index is 1.87. The van der Waals surface area contributed by atoms with Gasteiger partial charge in [0.05, 0.1) is 10.5 Å². The highest BCUT2D eigenvalue weighted by Crippen LogP contribution is 2.49. The normalized spacial score (nSPS) is 11.7. The molecule has 27 heavy (non-hydrogen) atoms. The minimum atomic E-state index is -0.382. The van der Waals surface area contributed by atoms with Gasteiger partial charge in [-0.1, -0.05) is 54.1 Å². The van der Waals surface area contributed by atoms with Crippen LogP contribution in [0.4, 0.5) is 5.69 Å². The molecule has 1 heterocycles. The molecule has 0 N–H and O–H groups in total. The lowest BCUT2D eigenvalue weighted by Crippen LogP contribution is -1.98. The first kappa shape index (κ1) is 15.9. The number of para-hydroxylation sites is 1. The van der Waals surface area contributed by atoms with Gasteiger partial charge in [0.1, 0.15) is 11.5 Å². The van der Waals surface area contributed by atoms with Crippen LogP contribution >= 0.6 is 11.6 Å². The first-order chi connectivity index (χ1) is 13.1. The molecule has 5 rings (SSSR count). The molecule has 0 radical (unpaired) electrons. The lowest BCUT2D eigenvalue weighted by atomic mass is 9.89. The van der Waals surface area contributed by atoms with Gasteiger partial charge in [0.25, 0.3) is 5.69 Å². The van der Waals surface area contributed by atoms with E-state index in [-0.39, 0.29) is 10.6 Å². The number of fused-ring (bicyclic) bond motifs is 2. The molecular weight excluding hydrogens is 362 g/mol. The van der Waals surface area contributed by atoms with Gasteiger partial charge in [-0.05, 0) is 40.8 Å². The van der Waals surface area contributed by atoms with Crippen molar-refractivity contribution in [3.05, 3.63) is 87.9 Å². The van der Waals surface area contributed by atoms with Crippen molar-refractivity contribution < 1.29 is 9.66 Å². The summed E-state index contributed by atoms with van der Waals surface area (Å²) in [7, 11) is 0. The summed E-state index contributed by atoms with van der Waals surface area (Å²) < 4.78 is 6.08. The monoisotopic (exact) mass is 373 g/mol. The van der Waals surface area contributed by atoms with Crippen LogP contribution in [0, 0.1) is 10.1 Å². The summed E-state index contributed by atoms with van der Waals surface area (Å²) in [4.78, 5) is 11.2. The van der Waals surface area contributed by atoms with Crippen molar-refractivity contribution in [2.75, 3.05) is 0 Å². The van der Waals surface area contributed by atoms with Crippen molar-refractivity contribution >= 4 is 28.1 Å². The lowest BCUT2D eigenvalue weighted by Gasteiger charge is -2.22. The minimum Gasteiger partial charge on any atom is -0.456 e. The van der Waals surface area contributed by atoms with Crippen molar-refractivity contribution in [3.8, 4) is 33.8 Å². The van der Waals surface area contributed by atoms with Crippen LogP contribution in [0.15, 0.2) is 72.8 Å². The Morgan fingerprint density at radius 3 is 2.41 bits per heavy atom. The Bertz CT molecular complexity index is 1250. The zero-order chi connectivity index (χ0) is 18.5. The van der Waals surface area contributed by atoms with Crippen molar-refractivity contribution in [1.29, 1.82) is 0 Å². The van der Waals surface area contributed by atoms with Gasteiger partial charge in [-0.15, -0.1) is 0 Å². The van der Waals surface area contributed by atoms with Gasteiger partial charge in [-0.25, -0.2) is 0 Å². The van der Waals surface area contributed by atoms with Crippen molar-refractivity contribution in [2.45, 2.75) is 0 Å². The van der Waals surface area contributed by atoms with Crippen LogP contribution in [0.5, 0.6) is 11.5 Å². The molecule has 0 atom stereocenters. The molecule has 4 aromatic rings. The maximum Gasteiger partial charge on any atom is 0.277 e. The van der Waals surface area contributed by atoms with Gasteiger partial charge in [-0.3, -0.25) is 10.1 Å². The largest absolute Gasteiger partial charge is 0.456 e. The molecule has 130 valence electrons. The Hall–Kier alpha value is -3.37. The van der Waals surface area contributed by atoms with Gasteiger partial charge in [0.15, 0.2) is 0 Å². The van der Waals surface area contributed by atoms with Crippen molar-refractivity contribution in [3.63, 3.8) is 0 Å². The number of hydrogen-bond acceptors (Lipinski definition) is 3. The molecule has 0 amide bonds. The van der Waals surface area contributed by atoms with Crippen LogP contribution in [0.25, 0.3) is 33.0 Å². The van der Waals surface area contributed by atoms with Crippen LogP contribution in [-0.2, 0) is 0 Å². The Kier molecular flexibility index (Phi) is 3.42. The smallest absolute Gasteiger partial charge is 0.277 e. The van der Waals surface area contributed by atoms with E-state index in [2.05, 4.69) is 0 Å². The number of rotatable bonds is 2. The van der Waals surface area contributed by atoms with E-state index in [1.165, 1.54) is 12.1 Å². The molecule has 0 fully saturated rings.